The van der Waals surface area contributed by atoms with Crippen molar-refractivity contribution in [3.05, 3.63) is 24.3 Å². The van der Waals surface area contributed by atoms with Gasteiger partial charge in [-0.05, 0) is 12.1 Å². The van der Waals surface area contributed by atoms with E-state index in [1.165, 1.54) is 0 Å². The summed E-state index contributed by atoms with van der Waals surface area (Å²) < 4.78 is 9.95. The summed E-state index contributed by atoms with van der Waals surface area (Å²) in [6, 6.07) is 7.47. The summed E-state index contributed by atoms with van der Waals surface area (Å²) in [4.78, 5) is 0. The molecule has 11 heavy (non-hydrogen) atoms. The average Bonchev–Trinajstić information content (AvgIpc) is 2.05. The van der Waals surface area contributed by atoms with Gasteiger partial charge in [0.2, 0.25) is 0 Å². The van der Waals surface area contributed by atoms with Gasteiger partial charge in [0.15, 0.2) is 0 Å². The molecule has 0 fully saturated rings. The second-order valence-corrected chi connectivity index (χ2v) is 1.88. The van der Waals surface area contributed by atoms with E-state index in [-0.39, 0.29) is 12.4 Å². The second-order valence-electron chi connectivity index (χ2n) is 1.88. The molecule has 62 valence electrons. The molecule has 0 saturated carbocycles. The fourth-order valence-electron chi connectivity index (χ4n) is 0.728. The second kappa shape index (κ2) is 4.85. The Morgan fingerprint density at radius 3 is 1.82 bits per heavy atom. The minimum atomic E-state index is 0. The lowest BCUT2D eigenvalue weighted by molar-refractivity contribution is 0.394. The highest BCUT2D eigenvalue weighted by molar-refractivity contribution is 5.85. The molecular formula is C8H11ClO2. The van der Waals surface area contributed by atoms with Crippen LogP contribution < -0.4 is 9.47 Å². The molecule has 0 aliphatic rings. The lowest BCUT2D eigenvalue weighted by atomic mass is 10.3. The normalized spacial score (nSPS) is 8.18. The fraction of sp³-hybridized carbons (Fsp3) is 0.250. The molecule has 3 heteroatoms. The maximum absolute atomic E-state index is 4.98. The third-order valence-electron chi connectivity index (χ3n) is 1.28. The van der Waals surface area contributed by atoms with Crippen LogP contribution in [0.4, 0.5) is 0 Å². The van der Waals surface area contributed by atoms with Gasteiger partial charge in [-0.3, -0.25) is 0 Å². The minimum absolute atomic E-state index is 0. The summed E-state index contributed by atoms with van der Waals surface area (Å²) in [5, 5.41) is 0. The third kappa shape index (κ3) is 2.68. The smallest absolute Gasteiger partial charge is 0.122 e. The van der Waals surface area contributed by atoms with E-state index in [9.17, 15) is 0 Å². The van der Waals surface area contributed by atoms with E-state index in [0.29, 0.717) is 0 Å². The molecule has 0 aliphatic carbocycles. The summed E-state index contributed by atoms with van der Waals surface area (Å²) in [5.74, 6) is 1.64. The monoisotopic (exact) mass is 174 g/mol. The SMILES string of the molecule is COc1cccc(OC)c1.Cl. The molecule has 0 amide bonds. The first kappa shape index (κ1) is 10.1. The molecule has 1 aromatic carbocycles. The highest BCUT2D eigenvalue weighted by Gasteiger charge is 1.91. The van der Waals surface area contributed by atoms with Crippen LogP contribution in [0.2, 0.25) is 0 Å². The largest absolute Gasteiger partial charge is 0.497 e. The standard InChI is InChI=1S/C8H10O2.ClH/c1-9-7-4-3-5-8(6-7)10-2;/h3-6H,1-2H3;1H. The number of ether oxygens (including phenoxy) is 2. The van der Waals surface area contributed by atoms with Gasteiger partial charge in [0, 0.05) is 6.07 Å². The first-order chi connectivity index (χ1) is 4.86. The summed E-state index contributed by atoms with van der Waals surface area (Å²) in [6.07, 6.45) is 0. The molecule has 0 atom stereocenters. The molecule has 0 heterocycles. The molecule has 0 spiro atoms. The van der Waals surface area contributed by atoms with Gasteiger partial charge in [0.25, 0.3) is 0 Å². The Morgan fingerprint density at radius 1 is 1.00 bits per heavy atom. The predicted octanol–water partition coefficient (Wildman–Crippen LogP) is 2.13. The summed E-state index contributed by atoms with van der Waals surface area (Å²) in [7, 11) is 3.27. The Bertz CT molecular complexity index is 194. The number of halogens is 1. The van der Waals surface area contributed by atoms with E-state index in [0.717, 1.165) is 11.5 Å². The van der Waals surface area contributed by atoms with Gasteiger partial charge in [-0.1, -0.05) is 6.07 Å². The van der Waals surface area contributed by atoms with Gasteiger partial charge < -0.3 is 9.47 Å². The molecule has 1 aromatic rings. The van der Waals surface area contributed by atoms with Crippen molar-refractivity contribution in [1.82, 2.24) is 0 Å². The van der Waals surface area contributed by atoms with E-state index in [4.69, 9.17) is 9.47 Å². The summed E-state index contributed by atoms with van der Waals surface area (Å²) in [6.45, 7) is 0. The summed E-state index contributed by atoms with van der Waals surface area (Å²) in [5.41, 5.74) is 0. The highest BCUT2D eigenvalue weighted by Crippen LogP contribution is 2.17. The lowest BCUT2D eigenvalue weighted by Gasteiger charge is -2.01. The van der Waals surface area contributed by atoms with Gasteiger partial charge in [-0.2, -0.15) is 0 Å². The zero-order chi connectivity index (χ0) is 7.40. The Morgan fingerprint density at radius 2 is 1.45 bits per heavy atom. The zero-order valence-electron chi connectivity index (χ0n) is 6.53. The fourth-order valence-corrected chi connectivity index (χ4v) is 0.728. The van der Waals surface area contributed by atoms with Crippen molar-refractivity contribution >= 4 is 12.4 Å². The van der Waals surface area contributed by atoms with Crippen LogP contribution in [0.5, 0.6) is 11.5 Å². The van der Waals surface area contributed by atoms with Crippen LogP contribution in [-0.4, -0.2) is 14.2 Å². The van der Waals surface area contributed by atoms with Gasteiger partial charge >= 0.3 is 0 Å². The number of rotatable bonds is 2. The first-order valence-electron chi connectivity index (χ1n) is 3.05. The molecule has 0 bridgehead atoms. The maximum atomic E-state index is 4.98. The first-order valence-corrected chi connectivity index (χ1v) is 3.05. The molecule has 0 saturated heterocycles. The molecule has 0 radical (unpaired) electrons. The van der Waals surface area contributed by atoms with Crippen LogP contribution in [0, 0.1) is 0 Å². The van der Waals surface area contributed by atoms with Crippen LogP contribution >= 0.6 is 12.4 Å². The number of methoxy groups -OCH3 is 2. The minimum Gasteiger partial charge on any atom is -0.497 e. The predicted molar refractivity (Wildman–Crippen MR) is 46.8 cm³/mol. The third-order valence-corrected chi connectivity index (χ3v) is 1.28. The number of hydrogen-bond donors (Lipinski definition) is 0. The van der Waals surface area contributed by atoms with E-state index >= 15 is 0 Å². The van der Waals surface area contributed by atoms with Crippen molar-refractivity contribution in [2.45, 2.75) is 0 Å². The van der Waals surface area contributed by atoms with Crippen molar-refractivity contribution in [3.63, 3.8) is 0 Å². The van der Waals surface area contributed by atoms with Crippen molar-refractivity contribution in [2.75, 3.05) is 14.2 Å². The molecular weight excluding hydrogens is 164 g/mol. The molecule has 0 aromatic heterocycles. The number of hydrogen-bond acceptors (Lipinski definition) is 2. The quantitative estimate of drug-likeness (QED) is 0.684. The van der Waals surface area contributed by atoms with Gasteiger partial charge in [-0.15, -0.1) is 12.4 Å². The lowest BCUT2D eigenvalue weighted by Crippen LogP contribution is -1.84. The molecule has 0 aliphatic heterocycles. The van der Waals surface area contributed by atoms with E-state index < -0.39 is 0 Å². The number of benzene rings is 1. The van der Waals surface area contributed by atoms with Crippen LogP contribution in [0.3, 0.4) is 0 Å². The Kier molecular flexibility index (Phi) is 4.46. The van der Waals surface area contributed by atoms with Crippen molar-refractivity contribution < 1.29 is 9.47 Å². The van der Waals surface area contributed by atoms with E-state index in [1.54, 1.807) is 14.2 Å². The van der Waals surface area contributed by atoms with Crippen molar-refractivity contribution in [2.24, 2.45) is 0 Å². The Balaban J connectivity index is 0.000001000. The van der Waals surface area contributed by atoms with Gasteiger partial charge in [0.1, 0.15) is 11.5 Å². The molecule has 1 rings (SSSR count). The van der Waals surface area contributed by atoms with Crippen LogP contribution in [0.1, 0.15) is 0 Å². The molecule has 2 nitrogen and oxygen atoms in total. The van der Waals surface area contributed by atoms with Crippen LogP contribution in [0.25, 0.3) is 0 Å². The van der Waals surface area contributed by atoms with Crippen LogP contribution in [0.15, 0.2) is 24.3 Å². The highest BCUT2D eigenvalue weighted by atomic mass is 35.5. The van der Waals surface area contributed by atoms with E-state index in [2.05, 4.69) is 0 Å². The average molecular weight is 175 g/mol. The van der Waals surface area contributed by atoms with Crippen LogP contribution in [-0.2, 0) is 0 Å². The Hall–Kier alpha value is -0.890. The van der Waals surface area contributed by atoms with E-state index in [1.807, 2.05) is 24.3 Å². The topological polar surface area (TPSA) is 18.5 Å². The van der Waals surface area contributed by atoms with Gasteiger partial charge in [0.05, 0.1) is 14.2 Å². The van der Waals surface area contributed by atoms with Crippen molar-refractivity contribution in [3.8, 4) is 11.5 Å². The van der Waals surface area contributed by atoms with Crippen molar-refractivity contribution in [1.29, 1.82) is 0 Å². The molecule has 0 unspecified atom stereocenters. The Labute approximate surface area is 72.5 Å². The summed E-state index contributed by atoms with van der Waals surface area (Å²) >= 11 is 0. The molecule has 0 N–H and O–H groups in total. The zero-order valence-corrected chi connectivity index (χ0v) is 7.35. The maximum Gasteiger partial charge on any atom is 0.122 e. The van der Waals surface area contributed by atoms with Gasteiger partial charge in [-0.25, -0.2) is 0 Å².